The monoisotopic (exact) mass is 127 g/mol. The third kappa shape index (κ3) is 19.8. The van der Waals surface area contributed by atoms with E-state index >= 15 is 0 Å². The first-order valence-corrected chi connectivity index (χ1v) is 2.79. The van der Waals surface area contributed by atoms with Crippen molar-refractivity contribution in [1.82, 2.24) is 5.43 Å². The molecule has 9 heavy (non-hydrogen) atoms. The molecule has 0 aliphatic heterocycles. The van der Waals surface area contributed by atoms with Crippen molar-refractivity contribution in [2.45, 2.75) is 13.8 Å². The summed E-state index contributed by atoms with van der Waals surface area (Å²) in [6.07, 6.45) is 2.75. The van der Waals surface area contributed by atoms with E-state index in [2.05, 4.69) is 28.9 Å². The van der Waals surface area contributed by atoms with Crippen LogP contribution in [0.5, 0.6) is 0 Å². The third-order valence-electron chi connectivity index (χ3n) is 0.288. The minimum Gasteiger partial charge on any atom is -0.268 e. The fourth-order valence-corrected chi connectivity index (χ4v) is 0.115. The van der Waals surface area contributed by atoms with Crippen LogP contribution in [0.15, 0.2) is 35.9 Å². The molecule has 0 saturated heterocycles. The molecule has 0 atom stereocenters. The molecule has 0 aromatic rings. The van der Waals surface area contributed by atoms with Gasteiger partial charge in [0.2, 0.25) is 0 Å². The highest BCUT2D eigenvalue weighted by Gasteiger charge is 1.54. The minimum atomic E-state index is 1.33. The zero-order valence-corrected chi connectivity index (χ0v) is 5.96. The van der Waals surface area contributed by atoms with Crippen LogP contribution in [-0.2, 0) is 0 Å². The lowest BCUT2D eigenvalue weighted by Crippen LogP contribution is -1.86. The summed E-state index contributed by atoms with van der Waals surface area (Å²) >= 11 is 0. The van der Waals surface area contributed by atoms with Gasteiger partial charge in [0.25, 0.3) is 0 Å². The van der Waals surface area contributed by atoms with Gasteiger partial charge in [-0.3, -0.25) is 5.43 Å². The van der Waals surface area contributed by atoms with E-state index in [9.17, 15) is 0 Å². The number of hydrogen-bond acceptors (Lipinski definition) is 2. The maximum atomic E-state index is 3.37. The summed E-state index contributed by atoms with van der Waals surface area (Å²) in [7, 11) is 0. The lowest BCUT2D eigenvalue weighted by Gasteiger charge is -1.77. The van der Waals surface area contributed by atoms with E-state index in [1.807, 2.05) is 13.8 Å². The van der Waals surface area contributed by atoms with Gasteiger partial charge in [0.15, 0.2) is 0 Å². The Labute approximate surface area is 56.2 Å². The summed E-state index contributed by atoms with van der Waals surface area (Å²) in [6, 6.07) is 0. The summed E-state index contributed by atoms with van der Waals surface area (Å²) in [5.41, 5.74) is 2.40. The minimum absolute atomic E-state index is 1.33. The van der Waals surface area contributed by atoms with Gasteiger partial charge in [-0.1, -0.05) is 32.2 Å². The number of nitrogens with zero attached hydrogens (tertiary/aromatic N) is 2. The molecule has 3 nitrogen and oxygen atoms in total. The molecule has 0 aliphatic rings. The van der Waals surface area contributed by atoms with Gasteiger partial charge in [0.1, 0.15) is 0 Å². The molecular weight excluding hydrogens is 114 g/mol. The first kappa shape index (κ1) is 10.8. The second-order valence-electron chi connectivity index (χ2n) is 0.731. The molecule has 0 saturated carbocycles. The molecule has 0 aromatic heterocycles. The highest BCUT2D eigenvalue weighted by molar-refractivity contribution is 4.60. The lowest BCUT2D eigenvalue weighted by atomic mass is 11.0. The van der Waals surface area contributed by atoms with E-state index in [4.69, 9.17) is 0 Å². The molecular formula is C6H13N3. The van der Waals surface area contributed by atoms with E-state index in [0.29, 0.717) is 0 Å². The van der Waals surface area contributed by atoms with Crippen molar-refractivity contribution in [2.75, 3.05) is 0 Å². The second kappa shape index (κ2) is 15.8. The molecule has 0 unspecified atom stereocenters. The number of nitrogens with one attached hydrogen (secondary N) is 1. The zero-order valence-electron chi connectivity index (χ0n) is 5.96. The van der Waals surface area contributed by atoms with Crippen molar-refractivity contribution in [3.05, 3.63) is 25.6 Å². The standard InChI is InChI=1S/C4H7N3.C2H6/c1-3-5-7-6-4-2;1-2/h3-4H,1-2H2,(H,5,6);1-2H3. The highest BCUT2D eigenvalue weighted by Crippen LogP contribution is 1.66. The van der Waals surface area contributed by atoms with Gasteiger partial charge in [-0.2, -0.15) is 0 Å². The second-order valence-corrected chi connectivity index (χ2v) is 0.731. The van der Waals surface area contributed by atoms with Gasteiger partial charge in [0.05, 0.1) is 0 Å². The molecule has 0 aliphatic carbocycles. The average Bonchev–Trinajstić information content (AvgIpc) is 1.94. The maximum Gasteiger partial charge on any atom is 0.0441 e. The molecule has 52 valence electrons. The summed E-state index contributed by atoms with van der Waals surface area (Å²) < 4.78 is 0. The van der Waals surface area contributed by atoms with E-state index in [1.54, 1.807) is 0 Å². The first-order valence-electron chi connectivity index (χ1n) is 2.79. The van der Waals surface area contributed by atoms with Crippen LogP contribution >= 0.6 is 0 Å². The average molecular weight is 127 g/mol. The Bertz CT molecular complexity index is 86.3. The molecule has 0 heterocycles. The van der Waals surface area contributed by atoms with Crippen molar-refractivity contribution in [1.29, 1.82) is 0 Å². The van der Waals surface area contributed by atoms with Crippen LogP contribution in [-0.4, -0.2) is 0 Å². The molecule has 0 aromatic carbocycles. The smallest absolute Gasteiger partial charge is 0.0441 e. The van der Waals surface area contributed by atoms with Crippen LogP contribution in [0.25, 0.3) is 0 Å². The quantitative estimate of drug-likeness (QED) is 0.458. The van der Waals surface area contributed by atoms with Crippen LogP contribution in [0.2, 0.25) is 0 Å². The van der Waals surface area contributed by atoms with Crippen LogP contribution in [0.4, 0.5) is 0 Å². The Kier molecular flexibility index (Phi) is 18.9. The summed E-state index contributed by atoms with van der Waals surface area (Å²) in [5, 5.41) is 6.72. The Morgan fingerprint density at radius 1 is 1.33 bits per heavy atom. The summed E-state index contributed by atoms with van der Waals surface area (Å²) in [4.78, 5) is 0. The van der Waals surface area contributed by atoms with Gasteiger partial charge >= 0.3 is 0 Å². The predicted octanol–water partition coefficient (Wildman–Crippen LogP) is 2.26. The first-order chi connectivity index (χ1) is 4.41. The van der Waals surface area contributed by atoms with Crippen LogP contribution in [0.1, 0.15) is 13.8 Å². The topological polar surface area (TPSA) is 36.8 Å². The Morgan fingerprint density at radius 3 is 2.22 bits per heavy atom. The molecule has 0 radical (unpaired) electrons. The Balaban J connectivity index is 0. The Hall–Kier alpha value is -1.12. The molecule has 0 spiro atoms. The molecule has 0 fully saturated rings. The highest BCUT2D eigenvalue weighted by atomic mass is 15.4. The third-order valence-corrected chi connectivity index (χ3v) is 0.288. The molecule has 3 heteroatoms. The molecule has 1 N–H and O–H groups in total. The van der Waals surface area contributed by atoms with E-state index in [1.165, 1.54) is 12.4 Å². The van der Waals surface area contributed by atoms with Gasteiger partial charge in [-0.15, -0.1) is 5.11 Å². The van der Waals surface area contributed by atoms with Gasteiger partial charge < -0.3 is 0 Å². The largest absolute Gasteiger partial charge is 0.268 e. The maximum absolute atomic E-state index is 3.37. The van der Waals surface area contributed by atoms with Crippen molar-refractivity contribution >= 4 is 0 Å². The van der Waals surface area contributed by atoms with Crippen molar-refractivity contribution < 1.29 is 0 Å². The van der Waals surface area contributed by atoms with E-state index in [-0.39, 0.29) is 0 Å². The van der Waals surface area contributed by atoms with Gasteiger partial charge in [-0.25, -0.2) is 0 Å². The van der Waals surface area contributed by atoms with Crippen LogP contribution in [0, 0.1) is 0 Å². The summed E-state index contributed by atoms with van der Waals surface area (Å²) in [6.45, 7) is 10.6. The molecule has 0 bridgehead atoms. The van der Waals surface area contributed by atoms with Crippen LogP contribution in [0.3, 0.4) is 0 Å². The van der Waals surface area contributed by atoms with Crippen molar-refractivity contribution in [3.8, 4) is 0 Å². The fourth-order valence-electron chi connectivity index (χ4n) is 0.115. The molecule has 0 amide bonds. The van der Waals surface area contributed by atoms with Crippen molar-refractivity contribution in [3.63, 3.8) is 0 Å². The fraction of sp³-hybridized carbons (Fsp3) is 0.333. The lowest BCUT2D eigenvalue weighted by molar-refractivity contribution is 0.873. The van der Waals surface area contributed by atoms with Crippen molar-refractivity contribution in [2.24, 2.45) is 10.3 Å². The van der Waals surface area contributed by atoms with E-state index in [0.717, 1.165) is 0 Å². The molecule has 0 rings (SSSR count). The Morgan fingerprint density at radius 2 is 1.89 bits per heavy atom. The summed E-state index contributed by atoms with van der Waals surface area (Å²) in [5.74, 6) is 0. The number of rotatable bonds is 3. The van der Waals surface area contributed by atoms with E-state index < -0.39 is 0 Å². The predicted molar refractivity (Wildman–Crippen MR) is 39.7 cm³/mol. The SMILES string of the molecule is C=CN=NNC=C.CC. The normalized spacial score (nSPS) is 7.33. The zero-order chi connectivity index (χ0) is 7.54. The number of hydrogen-bond donors (Lipinski definition) is 1. The van der Waals surface area contributed by atoms with Crippen LogP contribution < -0.4 is 5.43 Å². The van der Waals surface area contributed by atoms with Gasteiger partial charge in [-0.05, 0) is 0 Å². The van der Waals surface area contributed by atoms with Gasteiger partial charge in [0, 0.05) is 12.4 Å².